The van der Waals surface area contributed by atoms with Gasteiger partial charge in [-0.25, -0.2) is 13.4 Å². The Hall–Kier alpha value is -1.25. The number of nitrogens with one attached hydrogen (secondary N) is 1. The number of fused-ring (bicyclic) bond motifs is 1. The van der Waals surface area contributed by atoms with Crippen molar-refractivity contribution in [1.82, 2.24) is 4.98 Å². The van der Waals surface area contributed by atoms with Crippen LogP contribution in [-0.4, -0.2) is 24.1 Å². The molecular weight excluding hydrogens is 290 g/mol. The number of thiocarbonyl (C=S) groups is 1. The minimum atomic E-state index is -3.56. The molecule has 2 rings (SSSR count). The summed E-state index contributed by atoms with van der Waals surface area (Å²) in [6.45, 7) is 1.97. The fraction of sp³-hybridized carbons (Fsp3) is 0.200. The lowest BCUT2D eigenvalue weighted by Gasteiger charge is -2.02. The number of thiazole rings is 1. The quantitative estimate of drug-likeness (QED) is 0.838. The standard InChI is InChI=1S/C10H11N3O2S3/c1-6-2-3-7-8(4-6)17-10(12-7)13-18(14,15)5-9(11)16/h2-4H,5H2,1H3,(H2,11,16)(H,12,13). The van der Waals surface area contributed by atoms with Crippen molar-refractivity contribution in [2.45, 2.75) is 6.92 Å². The summed E-state index contributed by atoms with van der Waals surface area (Å²) in [4.78, 5) is 4.12. The molecule has 0 saturated heterocycles. The van der Waals surface area contributed by atoms with Crippen LogP contribution in [0.1, 0.15) is 5.56 Å². The van der Waals surface area contributed by atoms with Crippen LogP contribution in [0.25, 0.3) is 10.2 Å². The Balaban J connectivity index is 2.30. The van der Waals surface area contributed by atoms with Gasteiger partial charge in [-0.1, -0.05) is 29.6 Å². The van der Waals surface area contributed by atoms with Gasteiger partial charge in [-0.15, -0.1) is 0 Å². The van der Waals surface area contributed by atoms with Crippen LogP contribution in [0.2, 0.25) is 0 Å². The van der Waals surface area contributed by atoms with E-state index in [1.54, 1.807) is 0 Å². The van der Waals surface area contributed by atoms with Gasteiger partial charge in [0.05, 0.1) is 15.2 Å². The third-order valence-corrected chi connectivity index (χ3v) is 4.70. The van der Waals surface area contributed by atoms with E-state index in [0.717, 1.165) is 15.8 Å². The van der Waals surface area contributed by atoms with Crippen LogP contribution in [0.4, 0.5) is 5.13 Å². The van der Waals surface area contributed by atoms with Crippen molar-refractivity contribution in [3.63, 3.8) is 0 Å². The van der Waals surface area contributed by atoms with Crippen molar-refractivity contribution in [3.05, 3.63) is 23.8 Å². The maximum absolute atomic E-state index is 11.6. The van der Waals surface area contributed by atoms with Gasteiger partial charge in [0.2, 0.25) is 10.0 Å². The third kappa shape index (κ3) is 3.15. The minimum absolute atomic E-state index is 0.0699. The molecule has 96 valence electrons. The van der Waals surface area contributed by atoms with Gasteiger partial charge >= 0.3 is 0 Å². The molecule has 1 aromatic heterocycles. The molecule has 0 aliphatic heterocycles. The Kier molecular flexibility index (Phi) is 3.51. The van der Waals surface area contributed by atoms with Crippen LogP contribution in [-0.2, 0) is 10.0 Å². The van der Waals surface area contributed by atoms with Crippen molar-refractivity contribution in [3.8, 4) is 0 Å². The summed E-state index contributed by atoms with van der Waals surface area (Å²) in [5.74, 6) is -0.378. The van der Waals surface area contributed by atoms with Gasteiger partial charge < -0.3 is 5.73 Å². The Labute approximate surface area is 114 Å². The van der Waals surface area contributed by atoms with E-state index in [-0.39, 0.29) is 10.7 Å². The van der Waals surface area contributed by atoms with E-state index >= 15 is 0 Å². The summed E-state index contributed by atoms with van der Waals surface area (Å²) in [6, 6.07) is 5.74. The SMILES string of the molecule is Cc1ccc2nc(NS(=O)(=O)CC(N)=S)sc2c1. The van der Waals surface area contributed by atoms with Crippen LogP contribution < -0.4 is 10.5 Å². The van der Waals surface area contributed by atoms with Gasteiger partial charge in [-0.05, 0) is 24.6 Å². The zero-order valence-corrected chi connectivity index (χ0v) is 12.0. The number of sulfonamides is 1. The lowest BCUT2D eigenvalue weighted by Crippen LogP contribution is -2.26. The molecule has 0 bridgehead atoms. The topological polar surface area (TPSA) is 85.1 Å². The van der Waals surface area contributed by atoms with Crippen molar-refractivity contribution in [2.75, 3.05) is 10.5 Å². The molecule has 0 amide bonds. The fourth-order valence-electron chi connectivity index (χ4n) is 1.43. The molecule has 0 spiro atoms. The molecule has 18 heavy (non-hydrogen) atoms. The average molecular weight is 301 g/mol. The lowest BCUT2D eigenvalue weighted by molar-refractivity contribution is 0.605. The normalized spacial score (nSPS) is 11.6. The first-order valence-electron chi connectivity index (χ1n) is 5.02. The molecule has 0 aliphatic carbocycles. The Bertz CT molecular complexity index is 706. The van der Waals surface area contributed by atoms with Crippen molar-refractivity contribution in [1.29, 1.82) is 0 Å². The minimum Gasteiger partial charge on any atom is -0.392 e. The summed E-state index contributed by atoms with van der Waals surface area (Å²) in [5.41, 5.74) is 7.09. The fourth-order valence-corrected chi connectivity index (χ4v) is 4.02. The van der Waals surface area contributed by atoms with E-state index in [0.29, 0.717) is 5.13 Å². The molecule has 1 heterocycles. The number of hydrogen-bond donors (Lipinski definition) is 2. The van der Waals surface area contributed by atoms with Gasteiger partial charge in [0.15, 0.2) is 5.13 Å². The van der Waals surface area contributed by atoms with E-state index in [1.807, 2.05) is 25.1 Å². The smallest absolute Gasteiger partial charge is 0.241 e. The van der Waals surface area contributed by atoms with Crippen molar-refractivity contribution >= 4 is 53.9 Å². The van der Waals surface area contributed by atoms with Crippen LogP contribution >= 0.6 is 23.6 Å². The van der Waals surface area contributed by atoms with Crippen LogP contribution in [0.15, 0.2) is 18.2 Å². The first-order chi connectivity index (χ1) is 8.35. The van der Waals surface area contributed by atoms with E-state index < -0.39 is 10.0 Å². The zero-order chi connectivity index (χ0) is 13.3. The van der Waals surface area contributed by atoms with Crippen LogP contribution in [0.5, 0.6) is 0 Å². The number of aryl methyl sites for hydroxylation is 1. The summed E-state index contributed by atoms with van der Waals surface area (Å²) in [7, 11) is -3.56. The van der Waals surface area contributed by atoms with E-state index in [9.17, 15) is 8.42 Å². The van der Waals surface area contributed by atoms with Gasteiger partial charge in [0.25, 0.3) is 0 Å². The molecule has 0 saturated carbocycles. The van der Waals surface area contributed by atoms with Crippen LogP contribution in [0, 0.1) is 6.92 Å². The summed E-state index contributed by atoms with van der Waals surface area (Å²) >= 11 is 5.86. The zero-order valence-electron chi connectivity index (χ0n) is 9.50. The highest BCUT2D eigenvalue weighted by molar-refractivity contribution is 7.95. The second-order valence-corrected chi connectivity index (χ2v) is 7.09. The van der Waals surface area contributed by atoms with E-state index in [2.05, 4.69) is 21.9 Å². The Morgan fingerprint density at radius 3 is 2.94 bits per heavy atom. The average Bonchev–Trinajstić information content (AvgIpc) is 2.55. The first-order valence-corrected chi connectivity index (χ1v) is 7.89. The largest absolute Gasteiger partial charge is 0.392 e. The number of benzene rings is 1. The number of anilines is 1. The molecule has 2 aromatic rings. The number of rotatable bonds is 4. The number of hydrogen-bond acceptors (Lipinski definition) is 5. The molecule has 5 nitrogen and oxygen atoms in total. The van der Waals surface area contributed by atoms with Gasteiger partial charge in [-0.3, -0.25) is 4.72 Å². The lowest BCUT2D eigenvalue weighted by atomic mass is 10.2. The second kappa shape index (κ2) is 4.79. The molecule has 8 heteroatoms. The number of nitrogens with two attached hydrogens (primary N) is 1. The maximum Gasteiger partial charge on any atom is 0.241 e. The monoisotopic (exact) mass is 301 g/mol. The maximum atomic E-state index is 11.6. The predicted octanol–water partition coefficient (Wildman–Crippen LogP) is 1.63. The predicted molar refractivity (Wildman–Crippen MR) is 78.6 cm³/mol. The number of nitrogens with zero attached hydrogens (tertiary/aromatic N) is 1. The molecular formula is C10H11N3O2S3. The highest BCUT2D eigenvalue weighted by Gasteiger charge is 2.14. The van der Waals surface area contributed by atoms with Crippen LogP contribution in [0.3, 0.4) is 0 Å². The van der Waals surface area contributed by atoms with Gasteiger partial charge in [0, 0.05) is 0 Å². The summed E-state index contributed by atoms with van der Waals surface area (Å²) < 4.78 is 26.6. The highest BCUT2D eigenvalue weighted by atomic mass is 32.2. The second-order valence-electron chi connectivity index (χ2n) is 3.82. The summed E-state index contributed by atoms with van der Waals surface area (Å²) in [6.07, 6.45) is 0. The summed E-state index contributed by atoms with van der Waals surface area (Å²) in [5, 5.41) is 0.326. The molecule has 0 aliphatic rings. The third-order valence-electron chi connectivity index (χ3n) is 2.12. The Morgan fingerprint density at radius 2 is 2.28 bits per heavy atom. The molecule has 0 radical (unpaired) electrons. The molecule has 0 fully saturated rings. The molecule has 0 atom stereocenters. The van der Waals surface area contributed by atoms with E-state index in [1.165, 1.54) is 11.3 Å². The molecule has 1 aromatic carbocycles. The number of aromatic nitrogens is 1. The Morgan fingerprint density at radius 1 is 1.56 bits per heavy atom. The molecule has 0 unspecified atom stereocenters. The first kappa shape index (κ1) is 13.2. The van der Waals surface area contributed by atoms with Gasteiger partial charge in [-0.2, -0.15) is 0 Å². The van der Waals surface area contributed by atoms with Gasteiger partial charge in [0.1, 0.15) is 5.75 Å². The highest BCUT2D eigenvalue weighted by Crippen LogP contribution is 2.27. The van der Waals surface area contributed by atoms with Crippen molar-refractivity contribution in [2.24, 2.45) is 5.73 Å². The van der Waals surface area contributed by atoms with Crippen molar-refractivity contribution < 1.29 is 8.42 Å². The van der Waals surface area contributed by atoms with E-state index in [4.69, 9.17) is 5.73 Å². The molecule has 3 N–H and O–H groups in total.